The normalized spacial score (nSPS) is 23.6. The van der Waals surface area contributed by atoms with Crippen LogP contribution in [-0.2, 0) is 14.3 Å². The van der Waals surface area contributed by atoms with Gasteiger partial charge in [0, 0.05) is 18.6 Å². The number of carbonyl (C=O) groups is 1. The monoisotopic (exact) mass is 276 g/mol. The fourth-order valence-electron chi connectivity index (χ4n) is 2.44. The molecule has 0 saturated heterocycles. The van der Waals surface area contributed by atoms with Gasteiger partial charge in [0.15, 0.2) is 0 Å². The van der Waals surface area contributed by atoms with Gasteiger partial charge in [0.25, 0.3) is 0 Å². The molecule has 0 bridgehead atoms. The third-order valence-corrected chi connectivity index (χ3v) is 3.67. The van der Waals surface area contributed by atoms with E-state index in [-0.39, 0.29) is 24.4 Å². The van der Waals surface area contributed by atoms with Crippen molar-refractivity contribution in [1.82, 2.24) is 0 Å². The van der Waals surface area contributed by atoms with Crippen LogP contribution in [0.1, 0.15) is 18.9 Å². The number of hydrogen-bond donors (Lipinski definition) is 0. The van der Waals surface area contributed by atoms with Crippen LogP contribution in [0.3, 0.4) is 0 Å². The van der Waals surface area contributed by atoms with E-state index in [9.17, 15) is 4.79 Å². The molecule has 1 aliphatic rings. The van der Waals surface area contributed by atoms with Gasteiger partial charge in [-0.2, -0.15) is 0 Å². The molecule has 0 N–H and O–H groups in total. The summed E-state index contributed by atoms with van der Waals surface area (Å²) in [4.78, 5) is 11.4. The Labute approximate surface area is 119 Å². The lowest BCUT2D eigenvalue weighted by Crippen LogP contribution is -2.26. The summed E-state index contributed by atoms with van der Waals surface area (Å²) in [5.74, 6) is 0.727. The van der Waals surface area contributed by atoms with Crippen molar-refractivity contribution in [3.8, 4) is 5.75 Å². The second kappa shape index (κ2) is 6.57. The van der Waals surface area contributed by atoms with E-state index in [1.807, 2.05) is 30.3 Å². The third kappa shape index (κ3) is 3.02. The molecule has 0 amide bonds. The number of esters is 1. The first kappa shape index (κ1) is 14.6. The van der Waals surface area contributed by atoms with Crippen LogP contribution in [0.15, 0.2) is 30.3 Å². The zero-order valence-corrected chi connectivity index (χ0v) is 12.1. The zero-order chi connectivity index (χ0) is 14.5. The van der Waals surface area contributed by atoms with E-state index in [0.717, 1.165) is 16.9 Å². The van der Waals surface area contributed by atoms with Gasteiger partial charge in [-0.3, -0.25) is 4.79 Å². The van der Waals surface area contributed by atoms with Crippen LogP contribution in [0.25, 0.3) is 5.57 Å². The van der Waals surface area contributed by atoms with Crippen LogP contribution in [0, 0.1) is 5.92 Å². The highest BCUT2D eigenvalue weighted by atomic mass is 16.5. The summed E-state index contributed by atoms with van der Waals surface area (Å²) in [6.07, 6.45) is 2.13. The zero-order valence-electron chi connectivity index (χ0n) is 12.1. The van der Waals surface area contributed by atoms with E-state index in [1.165, 1.54) is 7.11 Å². The molecule has 0 aromatic heterocycles. The quantitative estimate of drug-likeness (QED) is 0.796. The Morgan fingerprint density at radius 2 is 2.15 bits per heavy atom. The predicted octanol–water partition coefficient (Wildman–Crippen LogP) is 2.68. The van der Waals surface area contributed by atoms with Gasteiger partial charge in [0.2, 0.25) is 0 Å². The first-order valence-electron chi connectivity index (χ1n) is 6.69. The Morgan fingerprint density at radius 1 is 1.40 bits per heavy atom. The van der Waals surface area contributed by atoms with Crippen LogP contribution in [0.4, 0.5) is 0 Å². The maximum Gasteiger partial charge on any atom is 0.309 e. The van der Waals surface area contributed by atoms with Crippen molar-refractivity contribution in [2.45, 2.75) is 19.4 Å². The van der Waals surface area contributed by atoms with Gasteiger partial charge in [-0.1, -0.05) is 31.2 Å². The molecule has 4 nitrogen and oxygen atoms in total. The highest BCUT2D eigenvalue weighted by Gasteiger charge is 2.27. The minimum absolute atomic E-state index is 0.0358. The fourth-order valence-corrected chi connectivity index (χ4v) is 2.44. The lowest BCUT2D eigenvalue weighted by molar-refractivity contribution is -0.139. The van der Waals surface area contributed by atoms with Crippen LogP contribution in [0.2, 0.25) is 0 Å². The van der Waals surface area contributed by atoms with Crippen molar-refractivity contribution < 1.29 is 19.0 Å². The second-order valence-corrected chi connectivity index (χ2v) is 4.81. The molecule has 0 aliphatic carbocycles. The van der Waals surface area contributed by atoms with Gasteiger partial charge in [-0.05, 0) is 11.6 Å². The van der Waals surface area contributed by atoms with Crippen molar-refractivity contribution in [2.75, 3.05) is 20.8 Å². The lowest BCUT2D eigenvalue weighted by atomic mass is 9.89. The average molecular weight is 276 g/mol. The fraction of sp³-hybridized carbons (Fsp3) is 0.438. The third-order valence-electron chi connectivity index (χ3n) is 3.67. The molecule has 1 heterocycles. The van der Waals surface area contributed by atoms with E-state index in [4.69, 9.17) is 14.2 Å². The smallest absolute Gasteiger partial charge is 0.309 e. The van der Waals surface area contributed by atoms with Crippen molar-refractivity contribution in [3.63, 3.8) is 0 Å². The maximum atomic E-state index is 11.4. The summed E-state index contributed by atoms with van der Waals surface area (Å²) in [7, 11) is 3.07. The molecule has 0 spiro atoms. The summed E-state index contributed by atoms with van der Waals surface area (Å²) in [6.45, 7) is 2.59. The Hall–Kier alpha value is -1.81. The van der Waals surface area contributed by atoms with E-state index in [1.54, 1.807) is 7.11 Å². The van der Waals surface area contributed by atoms with E-state index < -0.39 is 0 Å². The van der Waals surface area contributed by atoms with E-state index in [2.05, 4.69) is 6.92 Å². The summed E-state index contributed by atoms with van der Waals surface area (Å²) in [5, 5.41) is 0. The molecule has 1 aromatic carbocycles. The number of fused-ring (bicyclic) bond motifs is 1. The minimum atomic E-state index is -0.249. The van der Waals surface area contributed by atoms with Gasteiger partial charge >= 0.3 is 5.97 Å². The molecule has 1 aromatic rings. The number of methoxy groups -OCH3 is 2. The minimum Gasteiger partial charge on any atom is -0.490 e. The van der Waals surface area contributed by atoms with Crippen molar-refractivity contribution in [2.24, 2.45) is 5.92 Å². The molecule has 2 rings (SSSR count). The van der Waals surface area contributed by atoms with E-state index >= 15 is 0 Å². The summed E-state index contributed by atoms with van der Waals surface area (Å²) in [6, 6.07) is 7.85. The standard InChI is InChI=1S/C16H20O4/c1-11-12(8-9-16(17)19-3)13-6-4-5-7-14(13)20-10-15(11)18-2/h4-8,11,15H,9-10H2,1-3H3/t11-,15+/m0/s1. The second-order valence-electron chi connectivity index (χ2n) is 4.81. The van der Waals surface area contributed by atoms with Crippen molar-refractivity contribution in [1.29, 1.82) is 0 Å². The molecule has 0 unspecified atom stereocenters. The topological polar surface area (TPSA) is 44.8 Å². The summed E-state index contributed by atoms with van der Waals surface area (Å²) >= 11 is 0. The molecular weight excluding hydrogens is 256 g/mol. The number of hydrogen-bond acceptors (Lipinski definition) is 4. The van der Waals surface area contributed by atoms with Crippen LogP contribution in [-0.4, -0.2) is 32.9 Å². The van der Waals surface area contributed by atoms with Gasteiger partial charge in [0.05, 0.1) is 19.6 Å². The van der Waals surface area contributed by atoms with E-state index in [0.29, 0.717) is 6.61 Å². The Balaban J connectivity index is 2.39. The molecule has 108 valence electrons. The molecule has 1 aliphatic heterocycles. The number of benzene rings is 1. The number of para-hydroxylation sites is 1. The largest absolute Gasteiger partial charge is 0.490 e. The molecule has 0 saturated carbocycles. The highest BCUT2D eigenvalue weighted by Crippen LogP contribution is 2.36. The lowest BCUT2D eigenvalue weighted by Gasteiger charge is -2.21. The Kier molecular flexibility index (Phi) is 4.79. The van der Waals surface area contributed by atoms with Crippen LogP contribution < -0.4 is 4.74 Å². The molecule has 20 heavy (non-hydrogen) atoms. The molecular formula is C16H20O4. The maximum absolute atomic E-state index is 11.4. The van der Waals surface area contributed by atoms with Crippen molar-refractivity contribution >= 4 is 11.5 Å². The van der Waals surface area contributed by atoms with Crippen LogP contribution in [0.5, 0.6) is 5.75 Å². The van der Waals surface area contributed by atoms with Gasteiger partial charge in [-0.25, -0.2) is 0 Å². The average Bonchev–Trinajstić information content (AvgIpc) is 2.61. The SMILES string of the molecule is COC(=O)CC=C1c2ccccc2OC[C@@H](OC)[C@H]1C. The first-order valence-corrected chi connectivity index (χ1v) is 6.69. The summed E-state index contributed by atoms with van der Waals surface area (Å²) in [5.41, 5.74) is 2.08. The molecule has 4 heteroatoms. The van der Waals surface area contributed by atoms with Gasteiger partial charge in [0.1, 0.15) is 12.4 Å². The molecule has 0 radical (unpaired) electrons. The molecule has 0 fully saturated rings. The highest BCUT2D eigenvalue weighted by molar-refractivity contribution is 5.78. The van der Waals surface area contributed by atoms with Gasteiger partial charge < -0.3 is 14.2 Å². The van der Waals surface area contributed by atoms with Crippen LogP contribution >= 0.6 is 0 Å². The number of rotatable bonds is 3. The number of ether oxygens (including phenoxy) is 3. The number of carbonyl (C=O) groups excluding carboxylic acids is 1. The Morgan fingerprint density at radius 3 is 2.85 bits per heavy atom. The first-order chi connectivity index (χ1) is 9.67. The molecule has 2 atom stereocenters. The Bertz CT molecular complexity index is 507. The predicted molar refractivity (Wildman–Crippen MR) is 76.5 cm³/mol. The van der Waals surface area contributed by atoms with Crippen molar-refractivity contribution in [3.05, 3.63) is 35.9 Å². The van der Waals surface area contributed by atoms with Gasteiger partial charge in [-0.15, -0.1) is 0 Å². The summed E-state index contributed by atoms with van der Waals surface area (Å²) < 4.78 is 16.0.